The lowest BCUT2D eigenvalue weighted by Gasteiger charge is -2.27. The molecule has 0 fully saturated rings. The van der Waals surface area contributed by atoms with Gasteiger partial charge in [0.25, 0.3) is 11.6 Å². The van der Waals surface area contributed by atoms with E-state index in [-0.39, 0.29) is 23.8 Å². The zero-order chi connectivity index (χ0) is 21.2. The van der Waals surface area contributed by atoms with Crippen LogP contribution in [-0.2, 0) is 4.79 Å². The third kappa shape index (κ3) is 4.06. The summed E-state index contributed by atoms with van der Waals surface area (Å²) in [6.45, 7) is 6.41. The summed E-state index contributed by atoms with van der Waals surface area (Å²) in [6, 6.07) is 10.8. The monoisotopic (exact) mass is 397 g/mol. The quantitative estimate of drug-likeness (QED) is 0.607. The number of nitro benzene ring substituents is 1. The van der Waals surface area contributed by atoms with E-state index in [1.165, 1.54) is 18.2 Å². The molecular formula is C21H23N3O5. The third-order valence-corrected chi connectivity index (χ3v) is 4.71. The molecule has 2 aromatic rings. The van der Waals surface area contributed by atoms with Crippen LogP contribution in [-0.4, -0.2) is 29.9 Å². The van der Waals surface area contributed by atoms with Crippen molar-refractivity contribution >= 4 is 28.9 Å². The summed E-state index contributed by atoms with van der Waals surface area (Å²) in [5.74, 6) is -0.0955. The lowest BCUT2D eigenvalue weighted by atomic mass is 9.93. The van der Waals surface area contributed by atoms with Crippen molar-refractivity contribution in [3.63, 3.8) is 0 Å². The number of amides is 2. The molecule has 0 saturated carbocycles. The average molecular weight is 397 g/mol. The highest BCUT2D eigenvalue weighted by Gasteiger charge is 2.37. The maximum atomic E-state index is 13.0. The first-order valence-electron chi connectivity index (χ1n) is 9.38. The van der Waals surface area contributed by atoms with Crippen LogP contribution in [0.25, 0.3) is 0 Å². The van der Waals surface area contributed by atoms with Crippen LogP contribution in [0.5, 0.6) is 5.75 Å². The van der Waals surface area contributed by atoms with E-state index in [0.717, 1.165) is 6.42 Å². The second kappa shape index (κ2) is 7.90. The van der Waals surface area contributed by atoms with Gasteiger partial charge in [0, 0.05) is 18.3 Å². The fourth-order valence-corrected chi connectivity index (χ4v) is 3.19. The van der Waals surface area contributed by atoms with Crippen LogP contribution in [0.2, 0.25) is 0 Å². The molecule has 2 amide bonds. The summed E-state index contributed by atoms with van der Waals surface area (Å²) in [4.78, 5) is 37.9. The van der Waals surface area contributed by atoms with E-state index in [4.69, 9.17) is 4.74 Å². The summed E-state index contributed by atoms with van der Waals surface area (Å²) >= 11 is 0. The van der Waals surface area contributed by atoms with Crippen molar-refractivity contribution in [1.82, 2.24) is 0 Å². The average Bonchev–Trinajstić information content (AvgIpc) is 2.78. The van der Waals surface area contributed by atoms with E-state index in [9.17, 15) is 19.7 Å². The highest BCUT2D eigenvalue weighted by Crippen LogP contribution is 2.38. The van der Waals surface area contributed by atoms with Crippen molar-refractivity contribution in [1.29, 1.82) is 0 Å². The first-order valence-corrected chi connectivity index (χ1v) is 9.38. The van der Waals surface area contributed by atoms with Gasteiger partial charge in [-0.15, -0.1) is 0 Å². The Morgan fingerprint density at radius 3 is 2.69 bits per heavy atom. The number of para-hydroxylation sites is 1. The molecule has 2 aromatic carbocycles. The Balaban J connectivity index is 1.95. The van der Waals surface area contributed by atoms with Gasteiger partial charge in [0.2, 0.25) is 5.91 Å². The summed E-state index contributed by atoms with van der Waals surface area (Å²) in [7, 11) is 0. The summed E-state index contributed by atoms with van der Waals surface area (Å²) < 4.78 is 5.84. The minimum atomic E-state index is -0.678. The molecule has 3 rings (SSSR count). The fraction of sp³-hybridized carbons (Fsp3) is 0.333. The number of carbonyl (C=O) groups excluding carboxylic acids is 2. The van der Waals surface area contributed by atoms with Gasteiger partial charge in [-0.1, -0.05) is 19.1 Å². The lowest BCUT2D eigenvalue weighted by molar-refractivity contribution is -0.385. The molecule has 1 N–H and O–H groups in total. The fourth-order valence-electron chi connectivity index (χ4n) is 3.19. The molecule has 0 aliphatic carbocycles. The van der Waals surface area contributed by atoms with Crippen molar-refractivity contribution in [3.05, 3.63) is 58.1 Å². The topological polar surface area (TPSA) is 102 Å². The van der Waals surface area contributed by atoms with Crippen molar-refractivity contribution < 1.29 is 19.2 Å². The van der Waals surface area contributed by atoms with Gasteiger partial charge >= 0.3 is 0 Å². The highest BCUT2D eigenvalue weighted by atomic mass is 16.6. The van der Waals surface area contributed by atoms with Gasteiger partial charge in [-0.2, -0.15) is 0 Å². The van der Waals surface area contributed by atoms with Crippen molar-refractivity contribution in [2.75, 3.05) is 23.4 Å². The van der Waals surface area contributed by atoms with E-state index < -0.39 is 16.2 Å². The molecule has 0 bridgehead atoms. The minimum Gasteiger partial charge on any atom is -0.490 e. The van der Waals surface area contributed by atoms with E-state index >= 15 is 0 Å². The predicted molar refractivity (Wildman–Crippen MR) is 109 cm³/mol. The highest BCUT2D eigenvalue weighted by molar-refractivity contribution is 6.07. The Labute approximate surface area is 168 Å². The van der Waals surface area contributed by atoms with Gasteiger partial charge in [0.15, 0.2) is 0 Å². The van der Waals surface area contributed by atoms with E-state index in [1.54, 1.807) is 29.2 Å². The van der Waals surface area contributed by atoms with Crippen LogP contribution >= 0.6 is 0 Å². The van der Waals surface area contributed by atoms with Crippen LogP contribution in [0.3, 0.4) is 0 Å². The molecule has 1 aliphatic rings. The van der Waals surface area contributed by atoms with Crippen LogP contribution < -0.4 is 15.0 Å². The SMILES string of the molecule is CCCN1C(=O)C(C)(C)COc2ccc(NC(=O)c3ccccc3[N+](=O)[O-])cc21. The number of hydrogen-bond acceptors (Lipinski definition) is 5. The Hall–Kier alpha value is -3.42. The first-order chi connectivity index (χ1) is 13.7. The van der Waals surface area contributed by atoms with Gasteiger partial charge in [-0.3, -0.25) is 19.7 Å². The summed E-state index contributed by atoms with van der Waals surface area (Å²) in [5, 5.41) is 13.9. The van der Waals surface area contributed by atoms with E-state index in [1.807, 2.05) is 20.8 Å². The Bertz CT molecular complexity index is 971. The smallest absolute Gasteiger partial charge is 0.282 e. The molecule has 0 atom stereocenters. The number of anilines is 2. The molecule has 29 heavy (non-hydrogen) atoms. The van der Waals surface area contributed by atoms with E-state index in [2.05, 4.69) is 5.32 Å². The number of hydrogen-bond donors (Lipinski definition) is 1. The maximum Gasteiger partial charge on any atom is 0.282 e. The van der Waals surface area contributed by atoms with Crippen molar-refractivity contribution in [2.45, 2.75) is 27.2 Å². The van der Waals surface area contributed by atoms with Gasteiger partial charge in [-0.05, 0) is 44.5 Å². The van der Waals surface area contributed by atoms with Gasteiger partial charge in [0.05, 0.1) is 16.0 Å². The molecule has 1 aliphatic heterocycles. The standard InChI is InChI=1S/C21H23N3O5/c1-4-11-23-17-12-14(9-10-18(17)29-13-21(2,3)20(23)26)22-19(25)15-7-5-6-8-16(15)24(27)28/h5-10,12H,4,11,13H2,1-3H3,(H,22,25). The Morgan fingerprint density at radius 1 is 1.28 bits per heavy atom. The zero-order valence-corrected chi connectivity index (χ0v) is 16.6. The van der Waals surface area contributed by atoms with E-state index in [0.29, 0.717) is 23.7 Å². The zero-order valence-electron chi connectivity index (χ0n) is 16.6. The maximum absolute atomic E-state index is 13.0. The molecular weight excluding hydrogens is 374 g/mol. The molecule has 0 spiro atoms. The molecule has 0 unspecified atom stereocenters. The number of ether oxygens (including phenoxy) is 1. The number of nitrogens with zero attached hydrogens (tertiary/aromatic N) is 2. The molecule has 8 nitrogen and oxygen atoms in total. The number of nitrogens with one attached hydrogen (secondary N) is 1. The normalized spacial score (nSPS) is 15.1. The first kappa shape index (κ1) is 20.3. The van der Waals surface area contributed by atoms with Gasteiger partial charge in [-0.25, -0.2) is 0 Å². The number of fused-ring (bicyclic) bond motifs is 1. The molecule has 1 heterocycles. The summed E-state index contributed by atoms with van der Waals surface area (Å²) in [6.07, 6.45) is 0.758. The second-order valence-corrected chi connectivity index (χ2v) is 7.54. The second-order valence-electron chi connectivity index (χ2n) is 7.54. The summed E-state index contributed by atoms with van der Waals surface area (Å²) in [5.41, 5.74) is 0.00765. The van der Waals surface area contributed by atoms with Gasteiger partial charge in [0.1, 0.15) is 17.9 Å². The lowest BCUT2D eigenvalue weighted by Crippen LogP contribution is -2.42. The van der Waals surface area contributed by atoms with Gasteiger partial charge < -0.3 is 15.0 Å². The molecule has 0 saturated heterocycles. The number of benzene rings is 2. The van der Waals surface area contributed by atoms with Crippen molar-refractivity contribution in [2.24, 2.45) is 5.41 Å². The van der Waals surface area contributed by atoms with Crippen LogP contribution in [0.1, 0.15) is 37.6 Å². The minimum absolute atomic E-state index is 0.0358. The number of nitro groups is 1. The largest absolute Gasteiger partial charge is 0.490 e. The number of rotatable bonds is 5. The van der Waals surface area contributed by atoms with Crippen LogP contribution in [0.4, 0.5) is 17.1 Å². The molecule has 0 aromatic heterocycles. The third-order valence-electron chi connectivity index (χ3n) is 4.71. The molecule has 8 heteroatoms. The van der Waals surface area contributed by atoms with Crippen molar-refractivity contribution in [3.8, 4) is 5.75 Å². The van der Waals surface area contributed by atoms with Crippen LogP contribution in [0.15, 0.2) is 42.5 Å². The molecule has 152 valence electrons. The Kier molecular flexibility index (Phi) is 5.54. The predicted octanol–water partition coefficient (Wildman–Crippen LogP) is 4.01. The molecule has 0 radical (unpaired) electrons. The Morgan fingerprint density at radius 2 is 2.00 bits per heavy atom. The number of carbonyl (C=O) groups is 2. The van der Waals surface area contributed by atoms with Crippen LogP contribution in [0, 0.1) is 15.5 Å².